The quantitative estimate of drug-likeness (QED) is 0.0787. The van der Waals surface area contributed by atoms with Crippen LogP contribution in [0.2, 0.25) is 10.0 Å². The molecule has 3 amide bonds. The summed E-state index contributed by atoms with van der Waals surface area (Å²) in [5.74, 6) is -0.321. The first-order valence-electron chi connectivity index (χ1n) is 16.4. The van der Waals surface area contributed by atoms with E-state index in [1.165, 1.54) is 43.4 Å². The van der Waals surface area contributed by atoms with Crippen LogP contribution in [0.25, 0.3) is 17.3 Å². The minimum absolute atomic E-state index is 0.0299. The maximum absolute atomic E-state index is 13.9. The number of anilines is 2. The van der Waals surface area contributed by atoms with Crippen molar-refractivity contribution in [3.8, 4) is 22.8 Å². The number of halogens is 2. The van der Waals surface area contributed by atoms with E-state index in [9.17, 15) is 14.4 Å². The second-order valence-corrected chi connectivity index (χ2v) is 14.4. The van der Waals surface area contributed by atoms with Crippen molar-refractivity contribution in [1.82, 2.24) is 10.3 Å². The molecule has 272 valence electrons. The Balaban J connectivity index is 1.24. The van der Waals surface area contributed by atoms with E-state index in [1.54, 1.807) is 84.9 Å². The zero-order valence-electron chi connectivity index (χ0n) is 28.8. The van der Waals surface area contributed by atoms with Crippen molar-refractivity contribution in [3.05, 3.63) is 159 Å². The Morgan fingerprint density at radius 3 is 2.30 bits per heavy atom. The number of carbonyl (C=O) groups excluding carboxylic acids is 3. The lowest BCUT2D eigenvalue weighted by atomic mass is 10.1. The van der Waals surface area contributed by atoms with Gasteiger partial charge in [0.2, 0.25) is 5.91 Å². The van der Waals surface area contributed by atoms with Gasteiger partial charge in [-0.05, 0) is 78.4 Å². The number of rotatable bonds is 13. The molecule has 13 heteroatoms. The van der Waals surface area contributed by atoms with Gasteiger partial charge in [0.25, 0.3) is 11.8 Å². The Bertz CT molecular complexity index is 2320. The molecule has 5 aromatic carbocycles. The maximum atomic E-state index is 13.9. The molecular weight excluding hydrogens is 764 g/mol. The molecule has 0 saturated carbocycles. The molecule has 1 atom stereocenters. The van der Waals surface area contributed by atoms with Crippen molar-refractivity contribution in [2.24, 2.45) is 0 Å². The van der Waals surface area contributed by atoms with Gasteiger partial charge in [0.1, 0.15) is 22.4 Å². The maximum Gasteiger partial charge on any atom is 0.272 e. The molecule has 0 fully saturated rings. The fourth-order valence-corrected chi connectivity index (χ4v) is 7.56. The van der Waals surface area contributed by atoms with Crippen LogP contribution in [0.15, 0.2) is 137 Å². The lowest BCUT2D eigenvalue weighted by Gasteiger charge is -2.17. The minimum Gasteiger partial charge on any atom is -0.497 e. The molecule has 54 heavy (non-hydrogen) atoms. The molecule has 0 saturated heterocycles. The molecule has 0 aliphatic rings. The van der Waals surface area contributed by atoms with Crippen LogP contribution in [0.1, 0.15) is 26.7 Å². The number of aromatic nitrogens is 1. The Morgan fingerprint density at radius 2 is 1.57 bits per heavy atom. The molecule has 1 aromatic heterocycles. The summed E-state index contributed by atoms with van der Waals surface area (Å²) < 4.78 is 10.9. The summed E-state index contributed by atoms with van der Waals surface area (Å²) in [6.07, 6.45) is 1.52. The monoisotopic (exact) mass is 794 g/mol. The third-order valence-corrected chi connectivity index (χ3v) is 10.4. The number of thiazole rings is 1. The Morgan fingerprint density at radius 1 is 0.815 bits per heavy atom. The standard InChI is InChI=1S/C41H32Cl2N4O5S2/c1-51-30-17-19-36(52-2)27(20-30)21-34(45-38(48)26-12-7-4-8-13-26)39(49)44-29-14-9-15-31(23-29)54-37(25-10-5-3-6-11-25)40(50)47-41-46-35(24-53-41)32-18-16-28(42)22-33(32)43/h3-24,37H,1-2H3,(H,44,49)(H,45,48)(H,46,47,50)/b34-21+. The molecule has 0 aliphatic carbocycles. The van der Waals surface area contributed by atoms with E-state index in [-0.39, 0.29) is 11.6 Å². The largest absolute Gasteiger partial charge is 0.497 e. The third-order valence-electron chi connectivity index (χ3n) is 7.89. The van der Waals surface area contributed by atoms with Crippen LogP contribution < -0.4 is 25.4 Å². The molecule has 6 aromatic rings. The average molecular weight is 796 g/mol. The van der Waals surface area contributed by atoms with Crippen molar-refractivity contribution in [2.75, 3.05) is 24.9 Å². The van der Waals surface area contributed by atoms with E-state index in [0.717, 1.165) is 5.56 Å². The molecule has 0 radical (unpaired) electrons. The van der Waals surface area contributed by atoms with Gasteiger partial charge in [-0.25, -0.2) is 4.98 Å². The lowest BCUT2D eigenvalue weighted by Crippen LogP contribution is -2.30. The van der Waals surface area contributed by atoms with Gasteiger partial charge in [-0.15, -0.1) is 23.1 Å². The number of carbonyl (C=O) groups is 3. The smallest absolute Gasteiger partial charge is 0.272 e. The fraction of sp³-hybridized carbons (Fsp3) is 0.0732. The number of hydrogen-bond donors (Lipinski definition) is 3. The Labute approximate surface area is 330 Å². The number of methoxy groups -OCH3 is 2. The zero-order chi connectivity index (χ0) is 38.0. The summed E-state index contributed by atoms with van der Waals surface area (Å²) in [5, 5.41) is 11.1. The number of nitrogens with zero attached hydrogens (tertiary/aromatic N) is 1. The van der Waals surface area contributed by atoms with Crippen LogP contribution in [0.5, 0.6) is 11.5 Å². The van der Waals surface area contributed by atoms with Gasteiger partial charge < -0.3 is 25.4 Å². The lowest BCUT2D eigenvalue weighted by molar-refractivity contribution is -0.116. The van der Waals surface area contributed by atoms with E-state index >= 15 is 0 Å². The molecular formula is C41H32Cl2N4O5S2. The molecule has 3 N–H and O–H groups in total. The summed E-state index contributed by atoms with van der Waals surface area (Å²) >= 11 is 15.1. The number of benzene rings is 5. The summed E-state index contributed by atoms with van der Waals surface area (Å²) in [6.45, 7) is 0. The zero-order valence-corrected chi connectivity index (χ0v) is 32.0. The van der Waals surface area contributed by atoms with Crippen LogP contribution in [0.3, 0.4) is 0 Å². The first kappa shape index (κ1) is 38.1. The van der Waals surface area contributed by atoms with Gasteiger partial charge >= 0.3 is 0 Å². The predicted octanol–water partition coefficient (Wildman–Crippen LogP) is 10.0. The summed E-state index contributed by atoms with van der Waals surface area (Å²) in [6, 6.07) is 35.4. The summed E-state index contributed by atoms with van der Waals surface area (Å²) in [7, 11) is 3.05. The van der Waals surface area contributed by atoms with Crippen molar-refractivity contribution in [2.45, 2.75) is 10.1 Å². The Hall–Kier alpha value is -5.59. The average Bonchev–Trinajstić information content (AvgIpc) is 3.65. The van der Waals surface area contributed by atoms with Crippen molar-refractivity contribution >= 4 is 80.9 Å². The third kappa shape index (κ3) is 9.68. The van der Waals surface area contributed by atoms with Gasteiger partial charge in [-0.3, -0.25) is 14.4 Å². The number of hydrogen-bond acceptors (Lipinski definition) is 8. The van der Waals surface area contributed by atoms with Crippen LogP contribution >= 0.6 is 46.3 Å². The van der Waals surface area contributed by atoms with Gasteiger partial charge in [0, 0.05) is 37.7 Å². The van der Waals surface area contributed by atoms with Crippen molar-refractivity contribution < 1.29 is 23.9 Å². The SMILES string of the molecule is COc1ccc(OC)c(/C=C(/NC(=O)c2ccccc2)C(=O)Nc2cccc(SC(C(=O)Nc3nc(-c4ccc(Cl)cc4Cl)cs3)c3ccccc3)c2)c1. The van der Waals surface area contributed by atoms with E-state index < -0.39 is 17.1 Å². The van der Waals surface area contributed by atoms with Crippen LogP contribution in [0, 0.1) is 0 Å². The molecule has 0 bridgehead atoms. The van der Waals surface area contributed by atoms with Gasteiger partial charge in [-0.2, -0.15) is 0 Å². The summed E-state index contributed by atoms with van der Waals surface area (Å²) in [4.78, 5) is 46.3. The molecule has 9 nitrogen and oxygen atoms in total. The normalized spacial score (nSPS) is 11.7. The highest BCUT2D eigenvalue weighted by molar-refractivity contribution is 8.00. The van der Waals surface area contributed by atoms with Crippen LogP contribution in [0.4, 0.5) is 10.8 Å². The predicted molar refractivity (Wildman–Crippen MR) is 218 cm³/mol. The Kier molecular flexibility index (Phi) is 12.7. The first-order valence-corrected chi connectivity index (χ1v) is 18.9. The minimum atomic E-state index is -0.676. The highest BCUT2D eigenvalue weighted by Crippen LogP contribution is 2.38. The first-order chi connectivity index (χ1) is 26.2. The van der Waals surface area contributed by atoms with Crippen LogP contribution in [-0.4, -0.2) is 36.9 Å². The number of nitrogens with one attached hydrogen (secondary N) is 3. The molecule has 1 unspecified atom stereocenters. The van der Waals surface area contributed by atoms with Gasteiger partial charge in [0.05, 0.1) is 24.9 Å². The van der Waals surface area contributed by atoms with Crippen LogP contribution in [-0.2, 0) is 9.59 Å². The van der Waals surface area contributed by atoms with Crippen molar-refractivity contribution in [1.29, 1.82) is 0 Å². The van der Waals surface area contributed by atoms with E-state index in [0.29, 0.717) is 59.6 Å². The van der Waals surface area contributed by atoms with E-state index in [2.05, 4.69) is 20.9 Å². The molecule has 0 aliphatic heterocycles. The molecule has 1 heterocycles. The number of thioether (sulfide) groups is 1. The molecule has 6 rings (SSSR count). The second kappa shape index (κ2) is 18.0. The topological polar surface area (TPSA) is 119 Å². The van der Waals surface area contributed by atoms with E-state index in [4.69, 9.17) is 32.7 Å². The fourth-order valence-electron chi connectivity index (χ4n) is 5.26. The highest BCUT2D eigenvalue weighted by Gasteiger charge is 2.24. The number of ether oxygens (including phenoxy) is 2. The van der Waals surface area contributed by atoms with E-state index in [1.807, 2.05) is 41.8 Å². The second-order valence-electron chi connectivity index (χ2n) is 11.5. The highest BCUT2D eigenvalue weighted by atomic mass is 35.5. The summed E-state index contributed by atoms with van der Waals surface area (Å²) in [5.41, 5.74) is 3.39. The molecule has 0 spiro atoms. The van der Waals surface area contributed by atoms with Gasteiger partial charge in [-0.1, -0.05) is 77.8 Å². The van der Waals surface area contributed by atoms with Crippen molar-refractivity contribution in [3.63, 3.8) is 0 Å². The number of amides is 3. The van der Waals surface area contributed by atoms with Gasteiger partial charge in [0.15, 0.2) is 5.13 Å².